The maximum absolute atomic E-state index is 3.56. The molecule has 2 heterocycles. The van der Waals surface area contributed by atoms with Crippen molar-refractivity contribution in [3.8, 4) is 0 Å². The second-order valence-corrected chi connectivity index (χ2v) is 5.74. The Kier molecular flexibility index (Phi) is 2.10. The van der Waals surface area contributed by atoms with E-state index in [0.29, 0.717) is 0 Å². The number of nitrogens with zero attached hydrogens (tertiary/aromatic N) is 1. The lowest BCUT2D eigenvalue weighted by Crippen LogP contribution is -2.40. The van der Waals surface area contributed by atoms with E-state index in [1.165, 1.54) is 32.5 Å². The van der Waals surface area contributed by atoms with Gasteiger partial charge in [0, 0.05) is 18.6 Å². The van der Waals surface area contributed by atoms with E-state index in [2.05, 4.69) is 24.1 Å². The van der Waals surface area contributed by atoms with Crippen LogP contribution in [0.15, 0.2) is 0 Å². The second-order valence-electron chi connectivity index (χ2n) is 5.74. The summed E-state index contributed by atoms with van der Waals surface area (Å²) in [5, 5.41) is 3.56. The Balaban J connectivity index is 1.79. The van der Waals surface area contributed by atoms with Gasteiger partial charge >= 0.3 is 0 Å². The van der Waals surface area contributed by atoms with Crippen LogP contribution in [0.1, 0.15) is 26.7 Å². The minimum Gasteiger partial charge on any atom is -0.316 e. The summed E-state index contributed by atoms with van der Waals surface area (Å²) in [4.78, 5) is 2.83. The largest absolute Gasteiger partial charge is 0.316 e. The number of hydrogen-bond donors (Lipinski definition) is 1. The molecule has 3 aliphatic rings. The van der Waals surface area contributed by atoms with Crippen LogP contribution in [0.2, 0.25) is 0 Å². The molecule has 2 saturated heterocycles. The normalized spacial score (nSPS) is 43.5. The molecule has 1 saturated carbocycles. The number of likely N-dealkylation sites (tertiary alicyclic amines) is 1. The molecular formula is C12H22N2. The molecule has 80 valence electrons. The lowest BCUT2D eigenvalue weighted by molar-refractivity contribution is 0.168. The summed E-state index contributed by atoms with van der Waals surface area (Å²) in [6, 6.07) is 1.84. The Morgan fingerprint density at radius 3 is 2.64 bits per heavy atom. The zero-order chi connectivity index (χ0) is 9.71. The fraction of sp³-hybridized carbons (Fsp3) is 1.00. The van der Waals surface area contributed by atoms with Crippen LogP contribution in [-0.2, 0) is 0 Å². The highest BCUT2D eigenvalue weighted by atomic mass is 15.3. The van der Waals surface area contributed by atoms with Gasteiger partial charge in [0.25, 0.3) is 0 Å². The predicted molar refractivity (Wildman–Crippen MR) is 58.2 cm³/mol. The van der Waals surface area contributed by atoms with E-state index in [0.717, 1.165) is 29.8 Å². The molecule has 3 fully saturated rings. The van der Waals surface area contributed by atoms with Gasteiger partial charge in [-0.15, -0.1) is 0 Å². The third-order valence-corrected chi connectivity index (χ3v) is 4.36. The average Bonchev–Trinajstić information content (AvgIpc) is 2.75. The van der Waals surface area contributed by atoms with Crippen molar-refractivity contribution in [1.29, 1.82) is 0 Å². The summed E-state index contributed by atoms with van der Waals surface area (Å²) in [5.74, 6) is 2.75. The van der Waals surface area contributed by atoms with E-state index < -0.39 is 0 Å². The van der Waals surface area contributed by atoms with Gasteiger partial charge in [-0.3, -0.25) is 4.90 Å². The summed E-state index contributed by atoms with van der Waals surface area (Å²) in [7, 11) is 0. The lowest BCUT2D eigenvalue weighted by Gasteiger charge is -2.31. The first-order valence-electron chi connectivity index (χ1n) is 6.24. The third-order valence-electron chi connectivity index (χ3n) is 4.36. The Bertz CT molecular complexity index is 222. The van der Waals surface area contributed by atoms with Crippen LogP contribution in [0.3, 0.4) is 0 Å². The molecule has 2 heteroatoms. The minimum absolute atomic E-state index is 0.838. The molecule has 3 atom stereocenters. The first kappa shape index (κ1) is 9.17. The summed E-state index contributed by atoms with van der Waals surface area (Å²) in [6.45, 7) is 8.74. The average molecular weight is 194 g/mol. The van der Waals surface area contributed by atoms with Crippen molar-refractivity contribution in [3.63, 3.8) is 0 Å². The van der Waals surface area contributed by atoms with Crippen molar-refractivity contribution in [2.75, 3.05) is 19.6 Å². The zero-order valence-corrected chi connectivity index (χ0v) is 9.37. The van der Waals surface area contributed by atoms with Crippen molar-refractivity contribution in [2.45, 2.75) is 38.8 Å². The van der Waals surface area contributed by atoms with E-state index in [-0.39, 0.29) is 0 Å². The van der Waals surface area contributed by atoms with Gasteiger partial charge < -0.3 is 5.32 Å². The van der Waals surface area contributed by atoms with Gasteiger partial charge in [-0.25, -0.2) is 0 Å². The van der Waals surface area contributed by atoms with E-state index in [9.17, 15) is 0 Å². The quantitative estimate of drug-likeness (QED) is 0.713. The molecule has 14 heavy (non-hydrogen) atoms. The standard InChI is InChI=1S/C12H22N2/c1-8(2)12-11-6-13-5-9(11)7-14(12)10-3-4-10/h8-13H,3-7H2,1-2H3. The first-order chi connectivity index (χ1) is 6.77. The Hall–Kier alpha value is -0.0800. The molecular weight excluding hydrogens is 172 g/mol. The Labute approximate surface area is 87.0 Å². The molecule has 0 aromatic heterocycles. The van der Waals surface area contributed by atoms with Gasteiger partial charge in [0.15, 0.2) is 0 Å². The van der Waals surface area contributed by atoms with Gasteiger partial charge in [0.2, 0.25) is 0 Å². The van der Waals surface area contributed by atoms with Crippen molar-refractivity contribution >= 4 is 0 Å². The summed E-state index contributed by atoms with van der Waals surface area (Å²) in [5.41, 5.74) is 0. The van der Waals surface area contributed by atoms with Gasteiger partial charge in [0.1, 0.15) is 0 Å². The highest BCUT2D eigenvalue weighted by Crippen LogP contribution is 2.42. The van der Waals surface area contributed by atoms with Gasteiger partial charge in [-0.1, -0.05) is 13.8 Å². The maximum Gasteiger partial charge on any atom is 0.0165 e. The molecule has 1 N–H and O–H groups in total. The topological polar surface area (TPSA) is 15.3 Å². The minimum atomic E-state index is 0.838. The van der Waals surface area contributed by atoms with Crippen LogP contribution in [-0.4, -0.2) is 36.6 Å². The molecule has 0 bridgehead atoms. The van der Waals surface area contributed by atoms with Crippen molar-refractivity contribution in [3.05, 3.63) is 0 Å². The van der Waals surface area contributed by atoms with E-state index in [4.69, 9.17) is 0 Å². The van der Waals surface area contributed by atoms with Crippen LogP contribution in [0.25, 0.3) is 0 Å². The number of nitrogens with one attached hydrogen (secondary N) is 1. The molecule has 0 aromatic rings. The van der Waals surface area contributed by atoms with E-state index in [1.807, 2.05) is 0 Å². The highest BCUT2D eigenvalue weighted by Gasteiger charge is 2.49. The number of fused-ring (bicyclic) bond motifs is 1. The van der Waals surface area contributed by atoms with Crippen molar-refractivity contribution in [1.82, 2.24) is 10.2 Å². The second kappa shape index (κ2) is 3.21. The highest BCUT2D eigenvalue weighted by molar-refractivity contribution is 5.04. The van der Waals surface area contributed by atoms with Crippen LogP contribution in [0.5, 0.6) is 0 Å². The molecule has 0 radical (unpaired) electrons. The summed E-state index contributed by atoms with van der Waals surface area (Å²) >= 11 is 0. The number of rotatable bonds is 2. The van der Waals surface area contributed by atoms with Crippen LogP contribution in [0.4, 0.5) is 0 Å². The SMILES string of the molecule is CC(C)C1C2CNCC2CN1C1CC1. The summed E-state index contributed by atoms with van der Waals surface area (Å²) < 4.78 is 0. The van der Waals surface area contributed by atoms with E-state index in [1.54, 1.807) is 0 Å². The fourth-order valence-corrected chi connectivity index (χ4v) is 3.67. The summed E-state index contributed by atoms with van der Waals surface area (Å²) in [6.07, 6.45) is 2.94. The van der Waals surface area contributed by atoms with Crippen LogP contribution in [0, 0.1) is 17.8 Å². The Morgan fingerprint density at radius 2 is 2.00 bits per heavy atom. The smallest absolute Gasteiger partial charge is 0.0165 e. The maximum atomic E-state index is 3.56. The molecule has 3 unspecified atom stereocenters. The van der Waals surface area contributed by atoms with Crippen LogP contribution < -0.4 is 5.32 Å². The molecule has 0 aromatic carbocycles. The molecule has 2 aliphatic heterocycles. The van der Waals surface area contributed by atoms with Gasteiger partial charge in [0.05, 0.1) is 0 Å². The fourth-order valence-electron chi connectivity index (χ4n) is 3.67. The first-order valence-corrected chi connectivity index (χ1v) is 6.24. The van der Waals surface area contributed by atoms with Gasteiger partial charge in [-0.2, -0.15) is 0 Å². The Morgan fingerprint density at radius 1 is 1.21 bits per heavy atom. The number of hydrogen-bond acceptors (Lipinski definition) is 2. The van der Waals surface area contributed by atoms with Crippen LogP contribution >= 0.6 is 0 Å². The van der Waals surface area contributed by atoms with E-state index >= 15 is 0 Å². The lowest BCUT2D eigenvalue weighted by atomic mass is 9.87. The zero-order valence-electron chi connectivity index (χ0n) is 9.37. The van der Waals surface area contributed by atoms with Crippen molar-refractivity contribution < 1.29 is 0 Å². The third kappa shape index (κ3) is 1.31. The molecule has 0 amide bonds. The molecule has 2 nitrogen and oxygen atoms in total. The molecule has 0 spiro atoms. The van der Waals surface area contributed by atoms with Crippen molar-refractivity contribution in [2.24, 2.45) is 17.8 Å². The molecule has 3 rings (SSSR count). The molecule has 1 aliphatic carbocycles. The predicted octanol–water partition coefficient (Wildman–Crippen LogP) is 1.32. The van der Waals surface area contributed by atoms with Gasteiger partial charge in [-0.05, 0) is 43.7 Å². The monoisotopic (exact) mass is 194 g/mol.